The fourth-order valence-electron chi connectivity index (χ4n) is 1.34. The summed E-state index contributed by atoms with van der Waals surface area (Å²) in [5.74, 6) is 0. The smallest absolute Gasteiger partial charge is 0.183 e. The van der Waals surface area contributed by atoms with Crippen LogP contribution in [0.4, 0.5) is 10.8 Å². The third-order valence-corrected chi connectivity index (χ3v) is 3.35. The Morgan fingerprint density at radius 1 is 1.53 bits per heavy atom. The summed E-state index contributed by atoms with van der Waals surface area (Å²) >= 11 is 1.47. The van der Waals surface area contributed by atoms with Crippen molar-refractivity contribution in [3.05, 3.63) is 18.2 Å². The van der Waals surface area contributed by atoms with Crippen LogP contribution in [-0.2, 0) is 0 Å². The molecule has 2 aromatic rings. The van der Waals surface area contributed by atoms with E-state index in [-0.39, 0.29) is 13.2 Å². The van der Waals surface area contributed by atoms with Gasteiger partial charge in [-0.3, -0.25) is 0 Å². The van der Waals surface area contributed by atoms with Crippen LogP contribution in [0.3, 0.4) is 0 Å². The highest BCUT2D eigenvalue weighted by Crippen LogP contribution is 2.27. The van der Waals surface area contributed by atoms with Gasteiger partial charge in [0.1, 0.15) is 5.60 Å². The highest BCUT2D eigenvalue weighted by atomic mass is 32.1. The summed E-state index contributed by atoms with van der Waals surface area (Å²) in [6, 6.07) is 5.52. The minimum atomic E-state index is -1.14. The van der Waals surface area contributed by atoms with Crippen LogP contribution in [0, 0.1) is 0 Å². The first kappa shape index (κ1) is 12.1. The van der Waals surface area contributed by atoms with Gasteiger partial charge in [-0.2, -0.15) is 0 Å². The molecule has 0 amide bonds. The number of nitrogens with two attached hydrogens (primary N) is 1. The lowest BCUT2D eigenvalue weighted by molar-refractivity contribution is 0.0132. The van der Waals surface area contributed by atoms with Crippen molar-refractivity contribution in [1.29, 1.82) is 0 Å². The number of aliphatic hydroxyl groups is 2. The Labute approximate surface area is 103 Å². The molecule has 0 saturated heterocycles. The zero-order chi connectivity index (χ0) is 12.5. The highest BCUT2D eigenvalue weighted by Gasteiger charge is 2.19. The van der Waals surface area contributed by atoms with Gasteiger partial charge in [0, 0.05) is 12.2 Å². The molecule has 5 N–H and O–H groups in total. The second-order valence-corrected chi connectivity index (χ2v) is 5.29. The summed E-state index contributed by atoms with van der Waals surface area (Å²) in [7, 11) is 0. The number of nitrogens with one attached hydrogen (secondary N) is 1. The molecular formula is C11H15N3O2S. The van der Waals surface area contributed by atoms with Crippen molar-refractivity contribution in [3.63, 3.8) is 0 Å². The summed E-state index contributed by atoms with van der Waals surface area (Å²) in [5, 5.41) is 22.3. The lowest BCUT2D eigenvalue weighted by atomic mass is 10.1. The highest BCUT2D eigenvalue weighted by molar-refractivity contribution is 7.22. The lowest BCUT2D eigenvalue weighted by Gasteiger charge is -2.19. The quantitative estimate of drug-likeness (QED) is 0.611. The van der Waals surface area contributed by atoms with Crippen molar-refractivity contribution in [2.75, 3.05) is 24.2 Å². The number of aliphatic hydroxyl groups excluding tert-OH is 1. The first-order chi connectivity index (χ1) is 8.00. The number of aromatic nitrogens is 1. The van der Waals surface area contributed by atoms with Crippen LogP contribution in [-0.4, -0.2) is 33.9 Å². The maximum absolute atomic E-state index is 9.65. The van der Waals surface area contributed by atoms with Crippen LogP contribution in [0.1, 0.15) is 6.92 Å². The number of hydrogen-bond donors (Lipinski definition) is 4. The summed E-state index contributed by atoms with van der Waals surface area (Å²) in [5.41, 5.74) is 6.12. The van der Waals surface area contributed by atoms with Crippen molar-refractivity contribution >= 4 is 32.4 Å². The second-order valence-electron chi connectivity index (χ2n) is 4.25. The molecular weight excluding hydrogens is 238 g/mol. The van der Waals surface area contributed by atoms with Crippen molar-refractivity contribution in [3.8, 4) is 0 Å². The summed E-state index contributed by atoms with van der Waals surface area (Å²) in [6.45, 7) is 1.52. The number of hydrogen-bond acceptors (Lipinski definition) is 6. The van der Waals surface area contributed by atoms with E-state index in [9.17, 15) is 5.11 Å². The molecule has 5 nitrogen and oxygen atoms in total. The molecule has 0 bridgehead atoms. The van der Waals surface area contributed by atoms with Crippen LogP contribution in [0.25, 0.3) is 10.2 Å². The molecule has 6 heteroatoms. The lowest BCUT2D eigenvalue weighted by Crippen LogP contribution is -2.37. The third-order valence-electron chi connectivity index (χ3n) is 2.37. The molecule has 0 saturated carbocycles. The van der Waals surface area contributed by atoms with E-state index in [2.05, 4.69) is 10.3 Å². The van der Waals surface area contributed by atoms with Crippen molar-refractivity contribution in [1.82, 2.24) is 4.98 Å². The Hall–Kier alpha value is -1.37. The summed E-state index contributed by atoms with van der Waals surface area (Å²) < 4.78 is 0.996. The number of rotatable bonds is 4. The Bertz CT molecular complexity index is 524. The van der Waals surface area contributed by atoms with Crippen molar-refractivity contribution in [2.24, 2.45) is 0 Å². The van der Waals surface area contributed by atoms with Gasteiger partial charge in [-0.05, 0) is 25.1 Å². The van der Waals surface area contributed by atoms with Gasteiger partial charge >= 0.3 is 0 Å². The average Bonchev–Trinajstić information content (AvgIpc) is 2.68. The van der Waals surface area contributed by atoms with E-state index in [1.54, 1.807) is 13.0 Å². The van der Waals surface area contributed by atoms with Gasteiger partial charge < -0.3 is 21.3 Å². The first-order valence-corrected chi connectivity index (χ1v) is 6.05. The Morgan fingerprint density at radius 2 is 2.29 bits per heavy atom. The van der Waals surface area contributed by atoms with Gasteiger partial charge in [0.25, 0.3) is 0 Å². The van der Waals surface area contributed by atoms with E-state index in [0.29, 0.717) is 10.8 Å². The van der Waals surface area contributed by atoms with Crippen LogP contribution in [0.15, 0.2) is 18.2 Å². The maximum Gasteiger partial charge on any atom is 0.183 e. The molecule has 2 rings (SSSR count). The summed E-state index contributed by atoms with van der Waals surface area (Å²) in [6.07, 6.45) is 0. The van der Waals surface area contributed by atoms with Gasteiger partial charge in [0.2, 0.25) is 0 Å². The number of thiazole rings is 1. The minimum absolute atomic E-state index is 0.249. The van der Waals surface area contributed by atoms with Crippen LogP contribution in [0.5, 0.6) is 0 Å². The second kappa shape index (κ2) is 4.48. The topological polar surface area (TPSA) is 91.4 Å². The number of nitrogen functional groups attached to an aromatic ring is 1. The standard InChI is InChI=1S/C11H15N3O2S/c1-11(16,6-15)5-13-10-14-8-3-2-7(12)4-9(8)17-10/h2-4,15-16H,5-6,12H2,1H3,(H,13,14). The van der Waals surface area contributed by atoms with Crippen LogP contribution >= 0.6 is 11.3 Å². The van der Waals surface area contributed by atoms with E-state index in [0.717, 1.165) is 10.2 Å². The van der Waals surface area contributed by atoms with Crippen LogP contribution in [0.2, 0.25) is 0 Å². The molecule has 0 aliphatic carbocycles. The number of benzene rings is 1. The minimum Gasteiger partial charge on any atom is -0.399 e. The Morgan fingerprint density at radius 3 is 3.00 bits per heavy atom. The molecule has 1 unspecified atom stereocenters. The molecule has 1 atom stereocenters. The molecule has 1 aromatic carbocycles. The SMILES string of the molecule is CC(O)(CO)CNc1nc2ccc(N)cc2s1. The molecule has 1 heterocycles. The molecule has 17 heavy (non-hydrogen) atoms. The van der Waals surface area contributed by atoms with Gasteiger partial charge in [0.15, 0.2) is 5.13 Å². The monoisotopic (exact) mass is 253 g/mol. The Balaban J connectivity index is 2.15. The van der Waals surface area contributed by atoms with Gasteiger partial charge in [-0.25, -0.2) is 4.98 Å². The Kier molecular flexibility index (Phi) is 3.19. The van der Waals surface area contributed by atoms with Crippen molar-refractivity contribution in [2.45, 2.75) is 12.5 Å². The molecule has 0 spiro atoms. The predicted molar refractivity (Wildman–Crippen MR) is 70.2 cm³/mol. The summed E-state index contributed by atoms with van der Waals surface area (Å²) in [4.78, 5) is 4.35. The normalized spacial score (nSPS) is 14.8. The molecule has 1 aromatic heterocycles. The van der Waals surface area contributed by atoms with E-state index in [1.165, 1.54) is 11.3 Å². The van der Waals surface area contributed by atoms with Crippen molar-refractivity contribution < 1.29 is 10.2 Å². The van der Waals surface area contributed by atoms with E-state index < -0.39 is 5.60 Å². The van der Waals surface area contributed by atoms with Gasteiger partial charge in [-0.1, -0.05) is 11.3 Å². The largest absolute Gasteiger partial charge is 0.399 e. The molecule has 0 radical (unpaired) electrons. The molecule has 0 aliphatic heterocycles. The average molecular weight is 253 g/mol. The van der Waals surface area contributed by atoms with Gasteiger partial charge in [0.05, 0.1) is 16.8 Å². The van der Waals surface area contributed by atoms with E-state index >= 15 is 0 Å². The zero-order valence-electron chi connectivity index (χ0n) is 9.47. The zero-order valence-corrected chi connectivity index (χ0v) is 10.3. The number of nitrogens with zero attached hydrogens (tertiary/aromatic N) is 1. The van der Waals surface area contributed by atoms with Crippen LogP contribution < -0.4 is 11.1 Å². The molecule has 92 valence electrons. The maximum atomic E-state index is 9.65. The third kappa shape index (κ3) is 2.85. The molecule has 0 aliphatic rings. The predicted octanol–water partition coefficient (Wildman–Crippen LogP) is 1.03. The first-order valence-electron chi connectivity index (χ1n) is 5.23. The number of fused-ring (bicyclic) bond motifs is 1. The fraction of sp³-hybridized carbons (Fsp3) is 0.364. The van der Waals surface area contributed by atoms with E-state index in [4.69, 9.17) is 10.8 Å². The number of anilines is 2. The van der Waals surface area contributed by atoms with Gasteiger partial charge in [-0.15, -0.1) is 0 Å². The van der Waals surface area contributed by atoms with E-state index in [1.807, 2.05) is 12.1 Å². The molecule has 0 fully saturated rings. The fourth-order valence-corrected chi connectivity index (χ4v) is 2.25.